The number of carbonyl (C=O) groups is 1. The van der Waals surface area contributed by atoms with Gasteiger partial charge in [-0.25, -0.2) is 9.78 Å². The Balaban J connectivity index is 2.08. The molecule has 6 nitrogen and oxygen atoms in total. The summed E-state index contributed by atoms with van der Waals surface area (Å²) in [5, 5.41) is 9.23. The molecule has 0 aliphatic heterocycles. The van der Waals surface area contributed by atoms with Crippen LogP contribution in [0.1, 0.15) is 21.5 Å². The van der Waals surface area contributed by atoms with E-state index >= 15 is 0 Å². The molecule has 3 aromatic rings. The first-order valence-electron chi connectivity index (χ1n) is 7.80. The van der Waals surface area contributed by atoms with Crippen LogP contribution in [0.3, 0.4) is 0 Å². The smallest absolute Gasteiger partial charge is 0.335 e. The van der Waals surface area contributed by atoms with E-state index in [1.165, 1.54) is 12.1 Å². The van der Waals surface area contributed by atoms with Gasteiger partial charge in [-0.1, -0.05) is 18.7 Å². The summed E-state index contributed by atoms with van der Waals surface area (Å²) in [5.41, 5.74) is 22.2. The van der Waals surface area contributed by atoms with E-state index in [-0.39, 0.29) is 5.56 Å². The zero-order valence-electron chi connectivity index (χ0n) is 13.9. The molecule has 0 radical (unpaired) electrons. The standard InChI is InChI=1S/C20H18N4O2/c1-11(13-5-14(20(25)26)8-17(22)7-13)18-9-15(10-24-19(18)23)12-3-2-4-16(21)6-12/h2-10H,1,21-22H2,(H2,23,24)(H,25,26). The number of pyridine rings is 1. The van der Waals surface area contributed by atoms with Crippen molar-refractivity contribution in [1.29, 1.82) is 0 Å². The molecule has 130 valence electrons. The molecule has 3 rings (SSSR count). The van der Waals surface area contributed by atoms with Crippen LogP contribution in [0.2, 0.25) is 0 Å². The van der Waals surface area contributed by atoms with E-state index in [4.69, 9.17) is 17.2 Å². The molecule has 2 aromatic carbocycles. The fourth-order valence-corrected chi connectivity index (χ4v) is 2.70. The number of nitrogens with zero attached hydrogens (tertiary/aromatic N) is 1. The van der Waals surface area contributed by atoms with Crippen molar-refractivity contribution in [2.24, 2.45) is 0 Å². The quantitative estimate of drug-likeness (QED) is 0.537. The summed E-state index contributed by atoms with van der Waals surface area (Å²) in [6.45, 7) is 4.06. The van der Waals surface area contributed by atoms with Crippen LogP contribution in [0.15, 0.2) is 61.3 Å². The van der Waals surface area contributed by atoms with Gasteiger partial charge in [0.1, 0.15) is 5.82 Å². The van der Waals surface area contributed by atoms with Crippen LogP contribution in [0.5, 0.6) is 0 Å². The average molecular weight is 346 g/mol. The number of anilines is 3. The lowest BCUT2D eigenvalue weighted by atomic mass is 9.95. The molecule has 1 heterocycles. The summed E-state index contributed by atoms with van der Waals surface area (Å²) in [4.78, 5) is 15.5. The summed E-state index contributed by atoms with van der Waals surface area (Å²) in [6, 6.07) is 13.8. The summed E-state index contributed by atoms with van der Waals surface area (Å²) >= 11 is 0. The maximum absolute atomic E-state index is 11.3. The van der Waals surface area contributed by atoms with Crippen molar-refractivity contribution in [3.8, 4) is 11.1 Å². The van der Waals surface area contributed by atoms with E-state index in [1.54, 1.807) is 18.3 Å². The number of hydrogen-bond donors (Lipinski definition) is 4. The topological polar surface area (TPSA) is 128 Å². The maximum atomic E-state index is 11.3. The minimum Gasteiger partial charge on any atom is -0.478 e. The lowest BCUT2D eigenvalue weighted by molar-refractivity contribution is 0.0697. The van der Waals surface area contributed by atoms with Crippen molar-refractivity contribution < 1.29 is 9.90 Å². The van der Waals surface area contributed by atoms with Gasteiger partial charge in [-0.15, -0.1) is 0 Å². The fraction of sp³-hybridized carbons (Fsp3) is 0. The fourth-order valence-electron chi connectivity index (χ4n) is 2.70. The highest BCUT2D eigenvalue weighted by Gasteiger charge is 2.13. The predicted molar refractivity (Wildman–Crippen MR) is 104 cm³/mol. The highest BCUT2D eigenvalue weighted by molar-refractivity contribution is 5.93. The molecule has 0 bridgehead atoms. The number of nitrogens with two attached hydrogens (primary N) is 3. The normalized spacial score (nSPS) is 10.5. The number of hydrogen-bond acceptors (Lipinski definition) is 5. The van der Waals surface area contributed by atoms with Crippen molar-refractivity contribution >= 4 is 28.7 Å². The molecule has 0 fully saturated rings. The zero-order chi connectivity index (χ0) is 18.8. The van der Waals surface area contributed by atoms with E-state index in [9.17, 15) is 9.90 Å². The lowest BCUT2D eigenvalue weighted by Crippen LogP contribution is -2.02. The predicted octanol–water partition coefficient (Wildman–Crippen LogP) is 3.25. The molecule has 7 N–H and O–H groups in total. The number of carboxylic acids is 1. The minimum atomic E-state index is -1.06. The minimum absolute atomic E-state index is 0.0830. The van der Waals surface area contributed by atoms with Crippen LogP contribution in [0, 0.1) is 0 Å². The summed E-state index contributed by atoms with van der Waals surface area (Å²) in [5.74, 6) is -0.770. The van der Waals surface area contributed by atoms with E-state index < -0.39 is 5.97 Å². The molecule has 0 saturated heterocycles. The molecule has 0 unspecified atom stereocenters. The van der Waals surface area contributed by atoms with Crippen molar-refractivity contribution in [1.82, 2.24) is 4.98 Å². The van der Waals surface area contributed by atoms with Crippen LogP contribution in [-0.4, -0.2) is 16.1 Å². The van der Waals surface area contributed by atoms with E-state index in [0.29, 0.717) is 33.9 Å². The van der Waals surface area contributed by atoms with E-state index in [0.717, 1.165) is 11.1 Å². The Morgan fingerprint density at radius 3 is 2.35 bits per heavy atom. The maximum Gasteiger partial charge on any atom is 0.335 e. The monoisotopic (exact) mass is 346 g/mol. The molecule has 0 amide bonds. The summed E-state index contributed by atoms with van der Waals surface area (Å²) in [6.07, 6.45) is 1.66. The first-order chi connectivity index (χ1) is 12.3. The molecule has 26 heavy (non-hydrogen) atoms. The van der Waals surface area contributed by atoms with Gasteiger partial charge in [0.2, 0.25) is 0 Å². The van der Waals surface area contributed by atoms with Crippen LogP contribution >= 0.6 is 0 Å². The molecule has 0 atom stereocenters. The van der Waals surface area contributed by atoms with E-state index in [2.05, 4.69) is 11.6 Å². The van der Waals surface area contributed by atoms with Gasteiger partial charge in [-0.2, -0.15) is 0 Å². The van der Waals surface area contributed by atoms with Gasteiger partial charge in [0.05, 0.1) is 5.56 Å². The number of carboxylic acid groups (broad SMARTS) is 1. The first kappa shape index (κ1) is 17.0. The van der Waals surface area contributed by atoms with Gasteiger partial charge in [0, 0.05) is 28.7 Å². The highest BCUT2D eigenvalue weighted by Crippen LogP contribution is 2.31. The molecular formula is C20H18N4O2. The summed E-state index contributed by atoms with van der Waals surface area (Å²) < 4.78 is 0. The van der Waals surface area contributed by atoms with Gasteiger partial charge in [-0.3, -0.25) is 0 Å². The van der Waals surface area contributed by atoms with Gasteiger partial charge >= 0.3 is 5.97 Å². The highest BCUT2D eigenvalue weighted by atomic mass is 16.4. The second kappa shape index (κ2) is 6.60. The lowest BCUT2D eigenvalue weighted by Gasteiger charge is -2.13. The van der Waals surface area contributed by atoms with Crippen LogP contribution in [-0.2, 0) is 0 Å². The number of aromatic nitrogens is 1. The number of benzene rings is 2. The Morgan fingerprint density at radius 2 is 1.65 bits per heavy atom. The molecular weight excluding hydrogens is 328 g/mol. The van der Waals surface area contributed by atoms with Crippen molar-refractivity contribution in [3.63, 3.8) is 0 Å². The van der Waals surface area contributed by atoms with Gasteiger partial charge in [-0.05, 0) is 53.1 Å². The molecule has 0 spiro atoms. The average Bonchev–Trinajstić information content (AvgIpc) is 2.61. The molecule has 6 heteroatoms. The van der Waals surface area contributed by atoms with E-state index in [1.807, 2.05) is 24.3 Å². The van der Waals surface area contributed by atoms with Crippen molar-refractivity contribution in [3.05, 3.63) is 78.0 Å². The second-order valence-corrected chi connectivity index (χ2v) is 5.91. The Labute approximate surface area is 150 Å². The third kappa shape index (κ3) is 3.34. The molecule has 0 saturated carbocycles. The number of rotatable bonds is 4. The van der Waals surface area contributed by atoms with Crippen LogP contribution < -0.4 is 17.2 Å². The Bertz CT molecular complexity index is 1030. The number of nitrogen functional groups attached to an aromatic ring is 3. The third-order valence-electron chi connectivity index (χ3n) is 4.01. The van der Waals surface area contributed by atoms with Gasteiger partial charge < -0.3 is 22.3 Å². The summed E-state index contributed by atoms with van der Waals surface area (Å²) in [7, 11) is 0. The second-order valence-electron chi connectivity index (χ2n) is 5.91. The molecule has 1 aromatic heterocycles. The van der Waals surface area contributed by atoms with Crippen molar-refractivity contribution in [2.75, 3.05) is 17.2 Å². The zero-order valence-corrected chi connectivity index (χ0v) is 13.9. The van der Waals surface area contributed by atoms with Crippen molar-refractivity contribution in [2.45, 2.75) is 0 Å². The van der Waals surface area contributed by atoms with Crippen LogP contribution in [0.25, 0.3) is 16.7 Å². The Hall–Kier alpha value is -3.80. The Morgan fingerprint density at radius 1 is 0.923 bits per heavy atom. The Kier molecular flexibility index (Phi) is 4.33. The third-order valence-corrected chi connectivity index (χ3v) is 4.01. The first-order valence-corrected chi connectivity index (χ1v) is 7.80. The molecule has 0 aliphatic rings. The van der Waals surface area contributed by atoms with Gasteiger partial charge in [0.25, 0.3) is 0 Å². The SMILES string of the molecule is C=C(c1cc(N)cc(C(=O)O)c1)c1cc(-c2cccc(N)c2)cnc1N. The van der Waals surface area contributed by atoms with Gasteiger partial charge in [0.15, 0.2) is 0 Å². The molecule has 0 aliphatic carbocycles. The largest absolute Gasteiger partial charge is 0.478 e. The van der Waals surface area contributed by atoms with Crippen LogP contribution in [0.4, 0.5) is 17.2 Å². The number of aromatic carboxylic acids is 1.